The van der Waals surface area contributed by atoms with Crippen LogP contribution in [0.5, 0.6) is 0 Å². The molecule has 0 spiro atoms. The number of benzene rings is 1. The molecular formula is C26H52Cl2N2. The highest BCUT2D eigenvalue weighted by atomic mass is 35.5. The van der Waals surface area contributed by atoms with Gasteiger partial charge in [-0.3, -0.25) is 0 Å². The summed E-state index contributed by atoms with van der Waals surface area (Å²) < 4.78 is 2.41. The lowest BCUT2D eigenvalue weighted by Gasteiger charge is -2.39. The van der Waals surface area contributed by atoms with Crippen molar-refractivity contribution >= 4 is 0 Å². The first-order valence-electron chi connectivity index (χ1n) is 12.0. The monoisotopic (exact) mass is 462 g/mol. The van der Waals surface area contributed by atoms with Gasteiger partial charge in [-0.1, -0.05) is 83.7 Å². The van der Waals surface area contributed by atoms with Gasteiger partial charge in [-0.25, -0.2) is 0 Å². The highest BCUT2D eigenvalue weighted by molar-refractivity contribution is 5.13. The van der Waals surface area contributed by atoms with E-state index in [2.05, 4.69) is 79.2 Å². The second-order valence-electron chi connectivity index (χ2n) is 9.58. The van der Waals surface area contributed by atoms with Crippen LogP contribution in [0.4, 0.5) is 0 Å². The maximum atomic E-state index is 2.33. The fourth-order valence-corrected chi connectivity index (χ4v) is 3.78. The topological polar surface area (TPSA) is 0 Å². The molecule has 30 heavy (non-hydrogen) atoms. The Morgan fingerprint density at radius 1 is 0.567 bits per heavy atom. The first-order valence-corrected chi connectivity index (χ1v) is 12.0. The molecule has 0 unspecified atom stereocenters. The number of hydrogen-bond acceptors (Lipinski definition) is 0. The van der Waals surface area contributed by atoms with Crippen molar-refractivity contribution in [2.24, 2.45) is 0 Å². The molecule has 0 aliphatic carbocycles. The van der Waals surface area contributed by atoms with Crippen molar-refractivity contribution in [3.8, 4) is 0 Å². The highest BCUT2D eigenvalue weighted by Crippen LogP contribution is 2.16. The van der Waals surface area contributed by atoms with Crippen molar-refractivity contribution < 1.29 is 33.8 Å². The minimum atomic E-state index is 0. The molecule has 0 radical (unpaired) electrons. The average molecular weight is 464 g/mol. The summed E-state index contributed by atoms with van der Waals surface area (Å²) in [5.74, 6) is 0. The molecule has 0 saturated carbocycles. The molecule has 0 aromatic heterocycles. The number of hydrogen-bond donors (Lipinski definition) is 0. The molecule has 180 valence electrons. The van der Waals surface area contributed by atoms with E-state index >= 15 is 0 Å². The zero-order valence-electron chi connectivity index (χ0n) is 21.2. The molecule has 0 aliphatic heterocycles. The molecule has 0 heterocycles. The van der Waals surface area contributed by atoms with E-state index in [0.29, 0.717) is 0 Å². The van der Waals surface area contributed by atoms with Crippen LogP contribution >= 0.6 is 0 Å². The largest absolute Gasteiger partial charge is 1.00 e. The Morgan fingerprint density at radius 2 is 0.900 bits per heavy atom. The van der Waals surface area contributed by atoms with Crippen LogP contribution in [0.2, 0.25) is 0 Å². The minimum Gasteiger partial charge on any atom is -1.00 e. The number of nitrogens with zero attached hydrogens (tertiary/aromatic N) is 2. The Hall–Kier alpha value is -0.280. The summed E-state index contributed by atoms with van der Waals surface area (Å²) in [7, 11) is 6.60. The normalized spacial score (nSPS) is 11.0. The van der Waals surface area contributed by atoms with Crippen molar-refractivity contribution in [1.29, 1.82) is 0 Å². The maximum Gasteiger partial charge on any atom is 0.104 e. The van der Waals surface area contributed by atoms with Crippen LogP contribution in [-0.4, -0.2) is 56.3 Å². The van der Waals surface area contributed by atoms with Crippen LogP contribution in [0.1, 0.15) is 84.6 Å². The van der Waals surface area contributed by atoms with E-state index in [9.17, 15) is 0 Å². The van der Waals surface area contributed by atoms with Crippen LogP contribution in [0, 0.1) is 0 Å². The molecule has 0 bridgehead atoms. The lowest BCUT2D eigenvalue weighted by molar-refractivity contribution is -0.929. The number of unbranched alkanes of at least 4 members (excludes halogenated alkanes) is 4. The van der Waals surface area contributed by atoms with Gasteiger partial charge in [-0.15, -0.1) is 0 Å². The van der Waals surface area contributed by atoms with Crippen molar-refractivity contribution in [2.45, 2.75) is 85.6 Å². The van der Waals surface area contributed by atoms with Gasteiger partial charge in [0.15, 0.2) is 0 Å². The molecule has 0 atom stereocenters. The zero-order chi connectivity index (χ0) is 21.3. The second-order valence-corrected chi connectivity index (χ2v) is 9.58. The number of quaternary nitrogens is 2. The van der Waals surface area contributed by atoms with Crippen molar-refractivity contribution in [3.05, 3.63) is 35.9 Å². The second kappa shape index (κ2) is 20.6. The fraction of sp³-hybridized carbons (Fsp3) is 0.769. The van der Waals surface area contributed by atoms with Crippen LogP contribution < -0.4 is 24.8 Å². The Balaban J connectivity index is -0.000000489. The van der Waals surface area contributed by atoms with Gasteiger partial charge in [0.25, 0.3) is 0 Å². The van der Waals surface area contributed by atoms with E-state index in [-0.39, 0.29) is 24.8 Å². The Labute approximate surface area is 202 Å². The minimum absolute atomic E-state index is 0. The van der Waals surface area contributed by atoms with Crippen molar-refractivity contribution in [1.82, 2.24) is 0 Å². The van der Waals surface area contributed by atoms with Gasteiger partial charge in [0, 0.05) is 5.56 Å². The summed E-state index contributed by atoms with van der Waals surface area (Å²) in [5.41, 5.74) is 1.40. The van der Waals surface area contributed by atoms with Crippen molar-refractivity contribution in [3.63, 3.8) is 0 Å². The lowest BCUT2D eigenvalue weighted by atomic mass is 10.1. The summed E-state index contributed by atoms with van der Waals surface area (Å²) in [4.78, 5) is 0. The van der Waals surface area contributed by atoms with Gasteiger partial charge in [-0.05, 0) is 25.7 Å². The molecule has 0 amide bonds. The Bertz CT molecular complexity index is 420. The van der Waals surface area contributed by atoms with E-state index in [1.54, 1.807) is 0 Å². The molecule has 0 saturated heterocycles. The van der Waals surface area contributed by atoms with Crippen LogP contribution in [-0.2, 0) is 6.54 Å². The average Bonchev–Trinajstić information content (AvgIpc) is 2.67. The van der Waals surface area contributed by atoms with Crippen LogP contribution in [0.15, 0.2) is 30.3 Å². The van der Waals surface area contributed by atoms with Gasteiger partial charge in [0.1, 0.15) is 6.54 Å². The van der Waals surface area contributed by atoms with Gasteiger partial charge < -0.3 is 33.8 Å². The van der Waals surface area contributed by atoms with E-state index in [1.807, 2.05) is 0 Å². The third-order valence-electron chi connectivity index (χ3n) is 5.44. The number of rotatable bonds is 14. The molecule has 1 rings (SSSR count). The van der Waals surface area contributed by atoms with Crippen LogP contribution in [0.25, 0.3) is 0 Å². The predicted molar refractivity (Wildman–Crippen MR) is 128 cm³/mol. The van der Waals surface area contributed by atoms with E-state index < -0.39 is 0 Å². The summed E-state index contributed by atoms with van der Waals surface area (Å²) in [6.07, 6.45) is 11.1. The Morgan fingerprint density at radius 3 is 1.17 bits per heavy atom. The predicted octanol–water partition coefficient (Wildman–Crippen LogP) is 0.904. The zero-order valence-corrected chi connectivity index (χ0v) is 22.7. The summed E-state index contributed by atoms with van der Waals surface area (Å²) in [6, 6.07) is 10.6. The molecule has 1 aromatic rings. The van der Waals surface area contributed by atoms with E-state index in [0.717, 1.165) is 11.0 Å². The summed E-state index contributed by atoms with van der Waals surface area (Å²) in [6.45, 7) is 16.1. The van der Waals surface area contributed by atoms with E-state index in [1.165, 1.54) is 87.6 Å². The quantitative estimate of drug-likeness (QED) is 0.360. The first kappa shape index (κ1) is 34.3. The third kappa shape index (κ3) is 18.5. The number of halogens is 2. The smallest absolute Gasteiger partial charge is 0.104 e. The third-order valence-corrected chi connectivity index (χ3v) is 5.44. The van der Waals surface area contributed by atoms with Gasteiger partial charge in [-0.2, -0.15) is 0 Å². The lowest BCUT2D eigenvalue weighted by Crippen LogP contribution is -3.00. The Kier molecular flexibility index (Phi) is 23.6. The molecule has 0 aliphatic rings. The highest BCUT2D eigenvalue weighted by Gasteiger charge is 2.24. The molecule has 1 aromatic carbocycles. The SMILES string of the molecule is CCCC[N+](CCCC)(CCCC)CCCC.C[N+](C)(C)Cc1ccccc1.[Cl-].[Cl-]. The van der Waals surface area contributed by atoms with E-state index in [4.69, 9.17) is 0 Å². The van der Waals surface area contributed by atoms with Gasteiger partial charge in [0.2, 0.25) is 0 Å². The maximum absolute atomic E-state index is 2.33. The summed E-state index contributed by atoms with van der Waals surface area (Å²) in [5, 5.41) is 0. The van der Waals surface area contributed by atoms with Gasteiger partial charge >= 0.3 is 0 Å². The standard InChI is InChI=1S/C16H36N.C10H16N.2ClH/c1-5-9-13-17(14-10-6-2,15-11-7-3)16-12-8-4;1-11(2,3)9-10-7-5-4-6-8-10;;/h5-16H2,1-4H3;4-8H,9H2,1-3H3;2*1H/q2*+1;;/p-2. The summed E-state index contributed by atoms with van der Waals surface area (Å²) >= 11 is 0. The molecule has 2 nitrogen and oxygen atoms in total. The molecular weight excluding hydrogens is 411 g/mol. The fourth-order valence-electron chi connectivity index (χ4n) is 3.78. The molecule has 4 heteroatoms. The van der Waals surface area contributed by atoms with Crippen molar-refractivity contribution in [2.75, 3.05) is 47.3 Å². The van der Waals surface area contributed by atoms with Crippen LogP contribution in [0.3, 0.4) is 0 Å². The molecule has 0 N–H and O–H groups in total. The molecule has 0 fully saturated rings. The van der Waals surface area contributed by atoms with Gasteiger partial charge in [0.05, 0.1) is 47.3 Å². The first-order chi connectivity index (χ1) is 13.3.